The molecule has 0 atom stereocenters. The van der Waals surface area contributed by atoms with Crippen LogP contribution in [0, 0.1) is 9.39 Å². The number of nitrogens with zero attached hydrogens (tertiary/aromatic N) is 1. The highest BCUT2D eigenvalue weighted by Gasteiger charge is 2.19. The normalized spacial score (nSPS) is 10.8. The SMILES string of the molecule is Nc1noc(-c2ccc(F)cc2I)c1-c1cccc(Br)c1. The van der Waals surface area contributed by atoms with Gasteiger partial charge in [-0.05, 0) is 58.5 Å². The molecular weight excluding hydrogens is 450 g/mol. The number of benzene rings is 2. The smallest absolute Gasteiger partial charge is 0.177 e. The average molecular weight is 459 g/mol. The van der Waals surface area contributed by atoms with E-state index in [0.717, 1.165) is 19.2 Å². The lowest BCUT2D eigenvalue weighted by Gasteiger charge is -2.05. The van der Waals surface area contributed by atoms with Gasteiger partial charge in [0, 0.05) is 13.6 Å². The zero-order valence-electron chi connectivity index (χ0n) is 10.6. The molecule has 0 radical (unpaired) electrons. The Morgan fingerprint density at radius 1 is 1.19 bits per heavy atom. The topological polar surface area (TPSA) is 52.0 Å². The van der Waals surface area contributed by atoms with Crippen LogP contribution in [0.4, 0.5) is 10.2 Å². The molecule has 0 aliphatic rings. The minimum absolute atomic E-state index is 0.292. The minimum Gasteiger partial charge on any atom is -0.380 e. The van der Waals surface area contributed by atoms with Crippen molar-refractivity contribution in [2.24, 2.45) is 0 Å². The van der Waals surface area contributed by atoms with Crippen molar-refractivity contribution in [2.75, 3.05) is 5.73 Å². The lowest BCUT2D eigenvalue weighted by atomic mass is 10.0. The van der Waals surface area contributed by atoms with Crippen molar-refractivity contribution in [1.29, 1.82) is 0 Å². The van der Waals surface area contributed by atoms with E-state index < -0.39 is 0 Å². The molecule has 0 unspecified atom stereocenters. The monoisotopic (exact) mass is 458 g/mol. The van der Waals surface area contributed by atoms with Crippen LogP contribution in [-0.2, 0) is 0 Å². The summed E-state index contributed by atoms with van der Waals surface area (Å²) in [4.78, 5) is 0. The molecule has 1 aromatic heterocycles. The molecule has 1 heterocycles. The lowest BCUT2D eigenvalue weighted by molar-refractivity contribution is 0.436. The van der Waals surface area contributed by atoms with Crippen LogP contribution in [0.25, 0.3) is 22.5 Å². The van der Waals surface area contributed by atoms with Crippen LogP contribution in [0.15, 0.2) is 51.5 Å². The van der Waals surface area contributed by atoms with Gasteiger partial charge in [-0.25, -0.2) is 4.39 Å². The van der Waals surface area contributed by atoms with E-state index in [1.54, 1.807) is 6.07 Å². The molecule has 0 spiro atoms. The van der Waals surface area contributed by atoms with Gasteiger partial charge in [-0.1, -0.05) is 33.2 Å². The fraction of sp³-hybridized carbons (Fsp3) is 0. The van der Waals surface area contributed by atoms with Gasteiger partial charge in [-0.2, -0.15) is 0 Å². The maximum Gasteiger partial charge on any atom is 0.177 e. The van der Waals surface area contributed by atoms with Crippen LogP contribution in [0.1, 0.15) is 0 Å². The number of rotatable bonds is 2. The van der Waals surface area contributed by atoms with Crippen LogP contribution < -0.4 is 5.73 Å². The second-order valence-corrected chi connectivity index (χ2v) is 6.48. The van der Waals surface area contributed by atoms with Gasteiger partial charge in [-0.3, -0.25) is 0 Å². The molecule has 3 rings (SSSR count). The minimum atomic E-state index is -0.292. The summed E-state index contributed by atoms with van der Waals surface area (Å²) in [7, 11) is 0. The van der Waals surface area contributed by atoms with Crippen molar-refractivity contribution in [2.45, 2.75) is 0 Å². The number of halogens is 3. The van der Waals surface area contributed by atoms with Crippen LogP contribution >= 0.6 is 38.5 Å². The third-order valence-corrected chi connectivity index (χ3v) is 4.39. The molecule has 21 heavy (non-hydrogen) atoms. The van der Waals surface area contributed by atoms with Crippen LogP contribution in [0.3, 0.4) is 0 Å². The zero-order valence-corrected chi connectivity index (χ0v) is 14.4. The van der Waals surface area contributed by atoms with Crippen molar-refractivity contribution >= 4 is 44.3 Å². The summed E-state index contributed by atoms with van der Waals surface area (Å²) in [6.07, 6.45) is 0. The van der Waals surface area contributed by atoms with E-state index in [1.165, 1.54) is 12.1 Å². The molecule has 3 aromatic rings. The lowest BCUT2D eigenvalue weighted by Crippen LogP contribution is -1.90. The number of nitrogens with two attached hydrogens (primary N) is 1. The predicted octanol–water partition coefficient (Wildman–Crippen LogP) is 5.10. The average Bonchev–Trinajstić information content (AvgIpc) is 2.80. The molecule has 3 nitrogen and oxygen atoms in total. The first kappa shape index (κ1) is 14.5. The molecule has 2 N–H and O–H groups in total. The molecule has 2 aromatic carbocycles. The number of hydrogen-bond donors (Lipinski definition) is 1. The Labute approximate surface area is 142 Å². The number of anilines is 1. The van der Waals surface area contributed by atoms with Crippen LogP contribution in [-0.4, -0.2) is 5.16 Å². The molecule has 0 fully saturated rings. The second kappa shape index (κ2) is 5.76. The fourth-order valence-corrected chi connectivity index (χ4v) is 3.20. The Hall–Kier alpha value is -1.41. The molecule has 0 bridgehead atoms. The third kappa shape index (κ3) is 2.82. The van der Waals surface area contributed by atoms with Crippen LogP contribution in [0.5, 0.6) is 0 Å². The van der Waals surface area contributed by atoms with Gasteiger partial charge in [0.2, 0.25) is 0 Å². The highest BCUT2D eigenvalue weighted by atomic mass is 127. The van der Waals surface area contributed by atoms with Crippen molar-refractivity contribution in [3.05, 3.63) is 56.3 Å². The number of aromatic nitrogens is 1. The molecular formula is C15H9BrFIN2O. The Kier molecular flexibility index (Phi) is 3.99. The third-order valence-electron chi connectivity index (χ3n) is 3.01. The molecule has 0 aliphatic carbocycles. The number of hydrogen-bond acceptors (Lipinski definition) is 3. The van der Waals surface area contributed by atoms with E-state index in [4.69, 9.17) is 10.3 Å². The summed E-state index contributed by atoms with van der Waals surface area (Å²) in [6.45, 7) is 0. The number of nitrogen functional groups attached to an aromatic ring is 1. The Morgan fingerprint density at radius 3 is 2.71 bits per heavy atom. The summed E-state index contributed by atoms with van der Waals surface area (Å²) in [5.74, 6) is 0.554. The van der Waals surface area contributed by atoms with Gasteiger partial charge in [0.15, 0.2) is 11.6 Å². The van der Waals surface area contributed by atoms with E-state index in [1.807, 2.05) is 24.3 Å². The van der Waals surface area contributed by atoms with Crippen molar-refractivity contribution in [3.63, 3.8) is 0 Å². The highest BCUT2D eigenvalue weighted by molar-refractivity contribution is 14.1. The first-order valence-corrected chi connectivity index (χ1v) is 7.90. The van der Waals surface area contributed by atoms with Crippen LogP contribution in [0.2, 0.25) is 0 Å². The molecule has 0 saturated carbocycles. The molecule has 106 valence electrons. The molecule has 0 saturated heterocycles. The summed E-state index contributed by atoms with van der Waals surface area (Å²) < 4.78 is 20.3. The highest BCUT2D eigenvalue weighted by Crippen LogP contribution is 2.39. The van der Waals surface area contributed by atoms with Gasteiger partial charge in [0.1, 0.15) is 5.82 Å². The largest absolute Gasteiger partial charge is 0.380 e. The quantitative estimate of drug-likeness (QED) is 0.543. The second-order valence-electron chi connectivity index (χ2n) is 4.41. The molecule has 0 amide bonds. The van der Waals surface area contributed by atoms with Crippen molar-refractivity contribution in [3.8, 4) is 22.5 Å². The predicted molar refractivity (Wildman–Crippen MR) is 92.2 cm³/mol. The Balaban J connectivity index is 2.22. The molecule has 6 heteroatoms. The molecule has 0 aliphatic heterocycles. The Bertz CT molecular complexity index is 819. The zero-order chi connectivity index (χ0) is 15.0. The Morgan fingerprint density at radius 2 is 2.00 bits per heavy atom. The van der Waals surface area contributed by atoms with Gasteiger partial charge in [0.05, 0.1) is 5.56 Å². The first-order chi connectivity index (χ1) is 10.1. The van der Waals surface area contributed by atoms with Gasteiger partial charge >= 0.3 is 0 Å². The standard InChI is InChI=1S/C15H9BrFIN2O/c16-9-3-1-2-8(6-9)13-14(21-20-15(13)19)11-5-4-10(17)7-12(11)18/h1-7H,(H2,19,20). The van der Waals surface area contributed by atoms with E-state index in [2.05, 4.69) is 43.7 Å². The van der Waals surface area contributed by atoms with Gasteiger partial charge in [-0.15, -0.1) is 0 Å². The maximum atomic E-state index is 13.3. The van der Waals surface area contributed by atoms with E-state index >= 15 is 0 Å². The van der Waals surface area contributed by atoms with Crippen molar-refractivity contribution < 1.29 is 8.91 Å². The summed E-state index contributed by atoms with van der Waals surface area (Å²) >= 11 is 5.50. The van der Waals surface area contributed by atoms with Crippen molar-refractivity contribution in [1.82, 2.24) is 5.16 Å². The first-order valence-electron chi connectivity index (χ1n) is 6.03. The van der Waals surface area contributed by atoms with E-state index in [9.17, 15) is 4.39 Å². The maximum absolute atomic E-state index is 13.3. The fourth-order valence-electron chi connectivity index (χ4n) is 2.08. The summed E-state index contributed by atoms with van der Waals surface area (Å²) in [5.41, 5.74) is 8.30. The van der Waals surface area contributed by atoms with Gasteiger partial charge < -0.3 is 10.3 Å². The van der Waals surface area contributed by atoms with E-state index in [0.29, 0.717) is 17.1 Å². The summed E-state index contributed by atoms with van der Waals surface area (Å²) in [6, 6.07) is 12.2. The van der Waals surface area contributed by atoms with Gasteiger partial charge in [0.25, 0.3) is 0 Å². The van der Waals surface area contributed by atoms with E-state index in [-0.39, 0.29) is 5.82 Å². The summed E-state index contributed by atoms with van der Waals surface area (Å²) in [5, 5.41) is 3.85.